The zero-order valence-corrected chi connectivity index (χ0v) is 25.5. The van der Waals surface area contributed by atoms with Crippen molar-refractivity contribution in [3.8, 4) is 0 Å². The van der Waals surface area contributed by atoms with Crippen LogP contribution in [0.3, 0.4) is 0 Å². The zero-order valence-electron chi connectivity index (χ0n) is 24.7. The number of amides is 1. The summed E-state index contributed by atoms with van der Waals surface area (Å²) >= 11 is 0. The minimum absolute atomic E-state index is 0.0238. The van der Waals surface area contributed by atoms with E-state index in [1.165, 1.54) is 44.9 Å². The third-order valence-electron chi connectivity index (χ3n) is 12.3. The van der Waals surface area contributed by atoms with Crippen molar-refractivity contribution in [2.75, 3.05) is 12.3 Å². The highest BCUT2D eigenvalue weighted by molar-refractivity contribution is 7.85. The molecule has 9 atom stereocenters. The lowest BCUT2D eigenvalue weighted by atomic mass is 9.44. The van der Waals surface area contributed by atoms with Crippen molar-refractivity contribution in [1.82, 2.24) is 9.88 Å². The van der Waals surface area contributed by atoms with E-state index < -0.39 is 15.9 Å². The summed E-state index contributed by atoms with van der Waals surface area (Å²) in [4.78, 5) is 19.0. The van der Waals surface area contributed by atoms with Crippen LogP contribution in [-0.4, -0.2) is 52.3 Å². The summed E-state index contributed by atoms with van der Waals surface area (Å²) in [5, 5.41) is 10.3. The molecule has 0 bridgehead atoms. The summed E-state index contributed by atoms with van der Waals surface area (Å²) in [5.41, 5.74) is 1.55. The molecule has 0 aliphatic heterocycles. The predicted molar refractivity (Wildman–Crippen MR) is 156 cm³/mol. The molecule has 2 N–H and O–H groups in total. The van der Waals surface area contributed by atoms with E-state index >= 15 is 0 Å². The number of hydrogen-bond acceptors (Lipinski definition) is 5. The zero-order chi connectivity index (χ0) is 28.7. The molecule has 40 heavy (non-hydrogen) atoms. The fraction of sp³-hybridized carbons (Fsp3) is 0.812. The lowest BCUT2D eigenvalue weighted by molar-refractivity contribution is -0.133. The molecule has 0 spiro atoms. The van der Waals surface area contributed by atoms with E-state index in [4.69, 9.17) is 0 Å². The van der Waals surface area contributed by atoms with Gasteiger partial charge in [0.1, 0.15) is 0 Å². The van der Waals surface area contributed by atoms with Crippen molar-refractivity contribution < 1.29 is 22.9 Å². The van der Waals surface area contributed by atoms with Gasteiger partial charge in [-0.1, -0.05) is 26.8 Å². The highest BCUT2D eigenvalue weighted by atomic mass is 32.2. The SMILES string of the molecule is CC(CCC(=O)N(CCS(=O)(=O)O)Cc1cccnc1)C1CCC2C3CCC4CC(O)CCC4(C)C3CCC12C. The van der Waals surface area contributed by atoms with E-state index in [0.717, 1.165) is 42.6 Å². The molecule has 4 saturated carbocycles. The minimum Gasteiger partial charge on any atom is -0.393 e. The molecule has 224 valence electrons. The maximum absolute atomic E-state index is 13.3. The first-order chi connectivity index (χ1) is 18.9. The third-order valence-corrected chi connectivity index (χ3v) is 13.0. The Kier molecular flexibility index (Phi) is 8.72. The molecular formula is C32H50N2O5S. The number of pyridine rings is 1. The molecule has 9 unspecified atom stereocenters. The number of aliphatic hydroxyl groups excluding tert-OH is 1. The standard InChI is InChI=1S/C32H50N2O5S/c1-22(6-11-30(36)34(17-18-40(37,38)39)21-23-5-4-16-33-20-23)27-9-10-28-26-8-7-24-19-25(35)12-14-31(24,2)29(26)13-15-32(27,28)3/h4-5,16,20,22,24-29,35H,6-15,17-19,21H2,1-3H3,(H,37,38,39). The van der Waals surface area contributed by atoms with Crippen LogP contribution in [-0.2, 0) is 21.5 Å². The first kappa shape index (κ1) is 30.0. The first-order valence-corrected chi connectivity index (χ1v) is 17.3. The van der Waals surface area contributed by atoms with Gasteiger partial charge in [0.05, 0.1) is 11.9 Å². The quantitative estimate of drug-likeness (QED) is 0.365. The van der Waals surface area contributed by atoms with Crippen molar-refractivity contribution in [2.45, 2.75) is 104 Å². The number of aromatic nitrogens is 1. The third kappa shape index (κ3) is 6.00. The number of rotatable bonds is 9. The highest BCUT2D eigenvalue weighted by Gasteiger charge is 2.60. The molecule has 8 heteroatoms. The van der Waals surface area contributed by atoms with E-state index in [9.17, 15) is 22.9 Å². The van der Waals surface area contributed by atoms with E-state index in [1.54, 1.807) is 23.4 Å². The van der Waals surface area contributed by atoms with Gasteiger partial charge in [-0.2, -0.15) is 8.42 Å². The van der Waals surface area contributed by atoms with Crippen molar-refractivity contribution in [3.05, 3.63) is 30.1 Å². The van der Waals surface area contributed by atoms with Crippen molar-refractivity contribution in [2.24, 2.45) is 46.3 Å². The fourth-order valence-electron chi connectivity index (χ4n) is 10.2. The Balaban J connectivity index is 1.22. The molecule has 1 amide bonds. The number of carbonyl (C=O) groups excluding carboxylic acids is 1. The number of hydrogen-bond donors (Lipinski definition) is 2. The monoisotopic (exact) mass is 574 g/mol. The van der Waals surface area contributed by atoms with Crippen LogP contribution < -0.4 is 0 Å². The normalized spacial score (nSPS) is 38.1. The average Bonchev–Trinajstić information content (AvgIpc) is 3.27. The number of aliphatic hydroxyl groups is 1. The van der Waals surface area contributed by atoms with Crippen LogP contribution >= 0.6 is 0 Å². The Labute approximate surface area is 241 Å². The average molecular weight is 575 g/mol. The summed E-state index contributed by atoms with van der Waals surface area (Å²) in [6.45, 7) is 7.68. The second-order valence-corrected chi connectivity index (χ2v) is 15.9. The molecule has 0 aromatic carbocycles. The van der Waals surface area contributed by atoms with Crippen LogP contribution in [0.15, 0.2) is 24.5 Å². The lowest BCUT2D eigenvalue weighted by Crippen LogP contribution is -2.54. The smallest absolute Gasteiger partial charge is 0.266 e. The second-order valence-electron chi connectivity index (χ2n) is 14.3. The Morgan fingerprint density at radius 3 is 2.58 bits per heavy atom. The van der Waals surface area contributed by atoms with E-state index in [0.29, 0.717) is 41.5 Å². The van der Waals surface area contributed by atoms with Crippen molar-refractivity contribution in [1.29, 1.82) is 0 Å². The Hall–Kier alpha value is -1.51. The lowest BCUT2D eigenvalue weighted by Gasteiger charge is -2.61. The van der Waals surface area contributed by atoms with Crippen molar-refractivity contribution in [3.63, 3.8) is 0 Å². The Morgan fingerprint density at radius 1 is 1.10 bits per heavy atom. The number of nitrogens with zero attached hydrogens (tertiary/aromatic N) is 2. The summed E-state index contributed by atoms with van der Waals surface area (Å²) < 4.78 is 32.2. The predicted octanol–water partition coefficient (Wildman–Crippen LogP) is 5.73. The molecule has 4 fully saturated rings. The van der Waals surface area contributed by atoms with Gasteiger partial charge in [-0.25, -0.2) is 0 Å². The van der Waals surface area contributed by atoms with Gasteiger partial charge < -0.3 is 10.0 Å². The minimum atomic E-state index is -4.16. The molecule has 0 radical (unpaired) electrons. The van der Waals surface area contributed by atoms with Crippen LogP contribution in [0.5, 0.6) is 0 Å². The van der Waals surface area contributed by atoms with Gasteiger partial charge in [-0.15, -0.1) is 0 Å². The molecule has 0 saturated heterocycles. The van der Waals surface area contributed by atoms with Crippen LogP contribution in [0, 0.1) is 46.3 Å². The molecule has 1 heterocycles. The summed E-state index contributed by atoms with van der Waals surface area (Å²) in [7, 11) is -4.16. The summed E-state index contributed by atoms with van der Waals surface area (Å²) in [5.74, 6) is 3.53. The van der Waals surface area contributed by atoms with E-state index in [1.807, 2.05) is 6.07 Å². The van der Waals surface area contributed by atoms with Gasteiger partial charge in [-0.3, -0.25) is 14.3 Å². The van der Waals surface area contributed by atoms with Crippen LogP contribution in [0.1, 0.15) is 97.0 Å². The maximum atomic E-state index is 13.3. The Bertz CT molecular complexity index is 1150. The van der Waals surface area contributed by atoms with Crippen LogP contribution in [0.25, 0.3) is 0 Å². The molecule has 5 rings (SSSR count). The molecule has 1 aromatic rings. The van der Waals surface area contributed by atoms with Gasteiger partial charge in [-0.05, 0) is 122 Å². The van der Waals surface area contributed by atoms with Gasteiger partial charge >= 0.3 is 0 Å². The molecule has 7 nitrogen and oxygen atoms in total. The fourth-order valence-corrected chi connectivity index (χ4v) is 10.6. The number of fused-ring (bicyclic) bond motifs is 5. The summed E-state index contributed by atoms with van der Waals surface area (Å²) in [6.07, 6.45) is 15.3. The molecule has 4 aliphatic rings. The molecule has 4 aliphatic carbocycles. The van der Waals surface area contributed by atoms with Crippen LogP contribution in [0.4, 0.5) is 0 Å². The van der Waals surface area contributed by atoms with Crippen LogP contribution in [0.2, 0.25) is 0 Å². The van der Waals surface area contributed by atoms with Gasteiger partial charge in [0.15, 0.2) is 0 Å². The molecular weight excluding hydrogens is 524 g/mol. The van der Waals surface area contributed by atoms with Gasteiger partial charge in [0, 0.05) is 31.9 Å². The van der Waals surface area contributed by atoms with Gasteiger partial charge in [0.2, 0.25) is 5.91 Å². The Morgan fingerprint density at radius 2 is 1.85 bits per heavy atom. The number of carbonyl (C=O) groups is 1. The largest absolute Gasteiger partial charge is 0.393 e. The second kappa shape index (κ2) is 11.6. The maximum Gasteiger partial charge on any atom is 0.266 e. The van der Waals surface area contributed by atoms with Gasteiger partial charge in [0.25, 0.3) is 10.1 Å². The summed E-state index contributed by atoms with van der Waals surface area (Å²) in [6, 6.07) is 3.68. The van der Waals surface area contributed by atoms with Crippen molar-refractivity contribution >= 4 is 16.0 Å². The topological polar surface area (TPSA) is 108 Å². The van der Waals surface area contributed by atoms with E-state index in [2.05, 4.69) is 25.8 Å². The first-order valence-electron chi connectivity index (χ1n) is 15.7. The highest BCUT2D eigenvalue weighted by Crippen LogP contribution is 2.68. The van der Waals surface area contributed by atoms with E-state index in [-0.39, 0.29) is 18.6 Å². The molecule has 1 aromatic heterocycles.